The highest BCUT2D eigenvalue weighted by Crippen LogP contribution is 2.36. The number of hydrogen-bond acceptors (Lipinski definition) is 2. The molecule has 0 saturated heterocycles. The molecule has 1 aromatic heterocycles. The number of hydrogen-bond donors (Lipinski definition) is 0. The van der Waals surface area contributed by atoms with Gasteiger partial charge < -0.3 is 4.57 Å². The average molecular weight is 392 g/mol. The maximum absolute atomic E-state index is 13.8. The average Bonchev–Trinajstić information content (AvgIpc) is 3.12. The first-order chi connectivity index (χ1) is 12.9. The molecule has 1 aliphatic heterocycles. The third kappa shape index (κ3) is 3.04. The van der Waals surface area contributed by atoms with Gasteiger partial charge >= 0.3 is 0 Å². The van der Waals surface area contributed by atoms with Crippen molar-refractivity contribution in [2.75, 3.05) is 6.54 Å². The fourth-order valence-electron chi connectivity index (χ4n) is 3.38. The smallest absolute Gasteiger partial charge is 0.244 e. The van der Waals surface area contributed by atoms with Crippen LogP contribution >= 0.6 is 0 Å². The van der Waals surface area contributed by atoms with Gasteiger partial charge in [-0.05, 0) is 54.1 Å². The minimum atomic E-state index is -3.98. The van der Waals surface area contributed by atoms with Crippen molar-refractivity contribution in [2.24, 2.45) is 0 Å². The Labute approximate surface area is 154 Å². The molecule has 0 unspecified atom stereocenters. The van der Waals surface area contributed by atoms with E-state index in [4.69, 9.17) is 0 Å². The van der Waals surface area contributed by atoms with Crippen molar-refractivity contribution in [3.63, 3.8) is 0 Å². The molecule has 0 fully saturated rings. The molecular weight excluding hydrogens is 377 g/mol. The molecule has 8 heteroatoms. The lowest BCUT2D eigenvalue weighted by atomic mass is 10.0. The second-order valence-corrected chi connectivity index (χ2v) is 8.16. The summed E-state index contributed by atoms with van der Waals surface area (Å²) in [6.45, 7) is 0.563. The summed E-state index contributed by atoms with van der Waals surface area (Å²) in [7, 11) is -3.98. The molecule has 1 atom stereocenters. The van der Waals surface area contributed by atoms with Crippen LogP contribution < -0.4 is 0 Å². The highest BCUT2D eigenvalue weighted by atomic mass is 32.2. The predicted octanol–water partition coefficient (Wildman–Crippen LogP) is 3.70. The Kier molecular flexibility index (Phi) is 4.32. The number of aromatic nitrogens is 1. The number of rotatable bonds is 3. The Morgan fingerprint density at radius 1 is 0.889 bits per heavy atom. The number of fused-ring (bicyclic) bond motifs is 1. The van der Waals surface area contributed by atoms with Crippen LogP contribution in [0, 0.1) is 17.5 Å². The van der Waals surface area contributed by atoms with Crippen molar-refractivity contribution in [3.8, 4) is 0 Å². The molecule has 4 rings (SSSR count). The molecule has 0 N–H and O–H groups in total. The lowest BCUT2D eigenvalue weighted by Gasteiger charge is -2.36. The van der Waals surface area contributed by atoms with Crippen LogP contribution in [0.5, 0.6) is 0 Å². The highest BCUT2D eigenvalue weighted by molar-refractivity contribution is 7.89. The van der Waals surface area contributed by atoms with Crippen LogP contribution in [0.25, 0.3) is 0 Å². The Balaban J connectivity index is 1.85. The zero-order valence-electron chi connectivity index (χ0n) is 14.0. The molecule has 4 nitrogen and oxygen atoms in total. The third-order valence-corrected chi connectivity index (χ3v) is 6.55. The summed E-state index contributed by atoms with van der Waals surface area (Å²) in [6, 6.07) is 10.6. The summed E-state index contributed by atoms with van der Waals surface area (Å²) in [5, 5.41) is 0. The van der Waals surface area contributed by atoms with Gasteiger partial charge in [0.05, 0.1) is 10.9 Å². The first-order valence-electron chi connectivity index (χ1n) is 8.25. The van der Waals surface area contributed by atoms with E-state index >= 15 is 0 Å². The lowest BCUT2D eigenvalue weighted by molar-refractivity contribution is 0.297. The maximum atomic E-state index is 13.8. The molecule has 0 bridgehead atoms. The molecule has 0 spiro atoms. The van der Waals surface area contributed by atoms with E-state index in [1.807, 2.05) is 10.8 Å². The minimum absolute atomic E-state index is 0.0588. The van der Waals surface area contributed by atoms with Crippen molar-refractivity contribution < 1.29 is 21.6 Å². The molecule has 1 aliphatic rings. The van der Waals surface area contributed by atoms with Crippen molar-refractivity contribution in [1.29, 1.82) is 0 Å². The molecule has 140 valence electrons. The molecule has 0 saturated carbocycles. The van der Waals surface area contributed by atoms with Gasteiger partial charge in [-0.15, -0.1) is 0 Å². The van der Waals surface area contributed by atoms with Crippen molar-refractivity contribution in [1.82, 2.24) is 8.87 Å². The lowest BCUT2D eigenvalue weighted by Crippen LogP contribution is -2.42. The zero-order valence-corrected chi connectivity index (χ0v) is 14.8. The van der Waals surface area contributed by atoms with Crippen LogP contribution in [0.2, 0.25) is 0 Å². The maximum Gasteiger partial charge on any atom is 0.244 e. The van der Waals surface area contributed by atoms with Crippen LogP contribution in [-0.2, 0) is 16.6 Å². The molecule has 2 heterocycles. The second kappa shape index (κ2) is 6.54. The normalized spacial score (nSPS) is 17.7. The Bertz CT molecular complexity index is 1090. The largest absolute Gasteiger partial charge is 0.348 e. The van der Waals surface area contributed by atoms with Crippen molar-refractivity contribution in [3.05, 3.63) is 89.5 Å². The highest BCUT2D eigenvalue weighted by Gasteiger charge is 2.37. The minimum Gasteiger partial charge on any atom is -0.348 e. The number of benzene rings is 2. The SMILES string of the molecule is O=S(=O)(c1ccc(F)cc1)N1CCn2cccc2[C@H]1c1ccc(F)c(F)c1. The standard InChI is InChI=1S/C19H15F3N2O2S/c20-14-4-6-15(7-5-14)27(25,26)24-11-10-23-9-1-2-18(23)19(24)13-3-8-16(21)17(22)12-13/h1-9,12,19H,10-11H2/t19-/m1/s1. The van der Waals surface area contributed by atoms with Gasteiger partial charge in [-0.3, -0.25) is 0 Å². The van der Waals surface area contributed by atoms with Crippen LogP contribution in [0.15, 0.2) is 65.7 Å². The first-order valence-corrected chi connectivity index (χ1v) is 9.69. The van der Waals surface area contributed by atoms with E-state index in [2.05, 4.69) is 0 Å². The predicted molar refractivity (Wildman–Crippen MR) is 92.9 cm³/mol. The van der Waals surface area contributed by atoms with Crippen LogP contribution in [0.3, 0.4) is 0 Å². The molecule has 0 aliphatic carbocycles. The number of nitrogens with zero attached hydrogens (tertiary/aromatic N) is 2. The first kappa shape index (κ1) is 17.8. The quantitative estimate of drug-likeness (QED) is 0.682. The van der Waals surface area contributed by atoms with Gasteiger partial charge in [0.25, 0.3) is 0 Å². The number of halogens is 3. The van der Waals surface area contributed by atoms with Gasteiger partial charge in [0.1, 0.15) is 5.82 Å². The monoisotopic (exact) mass is 392 g/mol. The summed E-state index contributed by atoms with van der Waals surface area (Å²) in [6.07, 6.45) is 1.81. The summed E-state index contributed by atoms with van der Waals surface area (Å²) in [4.78, 5) is -0.0588. The van der Waals surface area contributed by atoms with Gasteiger partial charge in [-0.1, -0.05) is 6.07 Å². The van der Waals surface area contributed by atoms with Gasteiger partial charge in [-0.2, -0.15) is 4.31 Å². The Morgan fingerprint density at radius 3 is 2.33 bits per heavy atom. The fourth-order valence-corrected chi connectivity index (χ4v) is 4.96. The molecule has 27 heavy (non-hydrogen) atoms. The van der Waals surface area contributed by atoms with Gasteiger partial charge in [0.2, 0.25) is 10.0 Å². The zero-order chi connectivity index (χ0) is 19.2. The Morgan fingerprint density at radius 2 is 1.63 bits per heavy atom. The van der Waals surface area contributed by atoms with Gasteiger partial charge in [-0.25, -0.2) is 21.6 Å². The molecule has 0 amide bonds. The van der Waals surface area contributed by atoms with E-state index in [-0.39, 0.29) is 11.4 Å². The van der Waals surface area contributed by atoms with E-state index in [9.17, 15) is 21.6 Å². The summed E-state index contributed by atoms with van der Waals surface area (Å²) >= 11 is 0. The fraction of sp³-hybridized carbons (Fsp3) is 0.158. The number of sulfonamides is 1. The van der Waals surface area contributed by atoms with Crippen LogP contribution in [0.1, 0.15) is 17.3 Å². The van der Waals surface area contributed by atoms with E-state index in [0.717, 1.165) is 24.3 Å². The van der Waals surface area contributed by atoms with Crippen LogP contribution in [0.4, 0.5) is 13.2 Å². The van der Waals surface area contributed by atoms with E-state index in [0.29, 0.717) is 17.8 Å². The van der Waals surface area contributed by atoms with Gasteiger partial charge in [0.15, 0.2) is 11.6 Å². The van der Waals surface area contributed by atoms with E-state index < -0.39 is 33.5 Å². The molecule has 3 aromatic rings. The third-order valence-electron chi connectivity index (χ3n) is 4.67. The molecule has 0 radical (unpaired) electrons. The van der Waals surface area contributed by atoms with Crippen molar-refractivity contribution in [2.45, 2.75) is 17.5 Å². The summed E-state index contributed by atoms with van der Waals surface area (Å²) in [5.74, 6) is -2.59. The Hall–Kier alpha value is -2.58. The van der Waals surface area contributed by atoms with Gasteiger partial charge in [0, 0.05) is 25.0 Å². The van der Waals surface area contributed by atoms with Crippen molar-refractivity contribution >= 4 is 10.0 Å². The summed E-state index contributed by atoms with van der Waals surface area (Å²) < 4.78 is 69.9. The topological polar surface area (TPSA) is 42.3 Å². The van der Waals surface area contributed by atoms with Crippen LogP contribution in [-0.4, -0.2) is 23.8 Å². The van der Waals surface area contributed by atoms with E-state index in [1.54, 1.807) is 12.1 Å². The second-order valence-electron chi connectivity index (χ2n) is 6.27. The molecular formula is C19H15F3N2O2S. The summed E-state index contributed by atoms with van der Waals surface area (Å²) in [5.41, 5.74) is 0.970. The van der Waals surface area contributed by atoms with E-state index in [1.165, 1.54) is 22.5 Å². The molecule has 2 aromatic carbocycles.